The summed E-state index contributed by atoms with van der Waals surface area (Å²) in [6.45, 7) is 3.09. The smallest absolute Gasteiger partial charge is 0.0584 e. The van der Waals surface area contributed by atoms with Crippen molar-refractivity contribution in [3.05, 3.63) is 35.4 Å². The molecule has 2 atom stereocenters. The van der Waals surface area contributed by atoms with E-state index in [4.69, 9.17) is 5.73 Å². The fourth-order valence-corrected chi connectivity index (χ4v) is 4.36. The summed E-state index contributed by atoms with van der Waals surface area (Å²) in [4.78, 5) is 5.06. The Balaban J connectivity index is 1.86. The van der Waals surface area contributed by atoms with E-state index in [1.165, 1.54) is 49.8 Å². The third kappa shape index (κ3) is 2.63. The van der Waals surface area contributed by atoms with Gasteiger partial charge in [-0.1, -0.05) is 24.3 Å². The van der Waals surface area contributed by atoms with Crippen molar-refractivity contribution >= 4 is 0 Å². The molecule has 0 amide bonds. The Kier molecular flexibility index (Phi) is 4.34. The zero-order chi connectivity index (χ0) is 14.9. The number of benzene rings is 1. The molecule has 3 nitrogen and oxygen atoms in total. The molecule has 0 spiro atoms. The van der Waals surface area contributed by atoms with Crippen LogP contribution in [0.3, 0.4) is 0 Å². The highest BCUT2D eigenvalue weighted by Gasteiger charge is 2.40. The molecule has 0 radical (unpaired) electrons. The summed E-state index contributed by atoms with van der Waals surface area (Å²) >= 11 is 0. The molecule has 2 aliphatic rings. The van der Waals surface area contributed by atoms with Gasteiger partial charge in [-0.2, -0.15) is 0 Å². The Morgan fingerprint density at radius 2 is 2.14 bits per heavy atom. The van der Waals surface area contributed by atoms with Gasteiger partial charge in [-0.25, -0.2) is 0 Å². The van der Waals surface area contributed by atoms with E-state index in [1.54, 1.807) is 0 Å². The summed E-state index contributed by atoms with van der Waals surface area (Å²) in [7, 11) is 4.54. The average molecular weight is 287 g/mol. The van der Waals surface area contributed by atoms with Crippen molar-refractivity contribution in [1.82, 2.24) is 9.80 Å². The van der Waals surface area contributed by atoms with E-state index in [0.29, 0.717) is 6.04 Å². The van der Waals surface area contributed by atoms with Gasteiger partial charge in [0.2, 0.25) is 0 Å². The maximum atomic E-state index is 6.31. The summed E-state index contributed by atoms with van der Waals surface area (Å²) < 4.78 is 0. The predicted octanol–water partition coefficient (Wildman–Crippen LogP) is 2.20. The Morgan fingerprint density at radius 3 is 2.86 bits per heavy atom. The van der Waals surface area contributed by atoms with Crippen LogP contribution in [0.1, 0.15) is 36.8 Å². The van der Waals surface area contributed by atoms with Crippen LogP contribution < -0.4 is 5.73 Å². The molecule has 1 aromatic rings. The SMILES string of the molecule is CN1CCCC1CN(C)C1(CN)CCCc2ccccc21. The molecule has 1 aromatic carbocycles. The first-order valence-electron chi connectivity index (χ1n) is 8.37. The van der Waals surface area contributed by atoms with Crippen LogP contribution in [0.5, 0.6) is 0 Å². The molecule has 1 aliphatic carbocycles. The molecule has 1 heterocycles. The quantitative estimate of drug-likeness (QED) is 0.921. The van der Waals surface area contributed by atoms with E-state index in [9.17, 15) is 0 Å². The Morgan fingerprint density at radius 1 is 1.33 bits per heavy atom. The van der Waals surface area contributed by atoms with Crippen LogP contribution in [-0.2, 0) is 12.0 Å². The molecule has 1 fully saturated rings. The summed E-state index contributed by atoms with van der Waals surface area (Å²) in [5.41, 5.74) is 9.32. The Bertz CT molecular complexity index is 487. The van der Waals surface area contributed by atoms with Crippen molar-refractivity contribution in [2.75, 3.05) is 33.7 Å². The van der Waals surface area contributed by atoms with E-state index in [0.717, 1.165) is 13.1 Å². The number of hydrogen-bond donors (Lipinski definition) is 1. The van der Waals surface area contributed by atoms with Crippen LogP contribution >= 0.6 is 0 Å². The average Bonchev–Trinajstić information content (AvgIpc) is 2.91. The fraction of sp³-hybridized carbons (Fsp3) is 0.667. The number of likely N-dealkylation sites (N-methyl/N-ethyl adjacent to an activating group) is 2. The summed E-state index contributed by atoms with van der Waals surface area (Å²) in [6.07, 6.45) is 6.30. The van der Waals surface area contributed by atoms with Crippen LogP contribution in [0, 0.1) is 0 Å². The normalized spacial score (nSPS) is 29.8. The van der Waals surface area contributed by atoms with Crippen molar-refractivity contribution in [2.24, 2.45) is 5.73 Å². The van der Waals surface area contributed by atoms with Gasteiger partial charge in [-0.05, 0) is 63.9 Å². The van der Waals surface area contributed by atoms with Gasteiger partial charge >= 0.3 is 0 Å². The van der Waals surface area contributed by atoms with E-state index in [2.05, 4.69) is 48.2 Å². The lowest BCUT2D eigenvalue weighted by atomic mass is 9.75. The van der Waals surface area contributed by atoms with Crippen molar-refractivity contribution in [2.45, 2.75) is 43.7 Å². The van der Waals surface area contributed by atoms with Crippen LogP contribution in [-0.4, -0.2) is 49.6 Å². The molecule has 0 saturated carbocycles. The first-order chi connectivity index (χ1) is 10.2. The van der Waals surface area contributed by atoms with Crippen molar-refractivity contribution in [3.63, 3.8) is 0 Å². The molecule has 0 bridgehead atoms. The van der Waals surface area contributed by atoms with Crippen LogP contribution in [0.25, 0.3) is 0 Å². The fourth-order valence-electron chi connectivity index (χ4n) is 4.36. The Hall–Kier alpha value is -0.900. The highest BCUT2D eigenvalue weighted by molar-refractivity contribution is 5.36. The monoisotopic (exact) mass is 287 g/mol. The molecule has 0 aromatic heterocycles. The van der Waals surface area contributed by atoms with Crippen LogP contribution in [0.15, 0.2) is 24.3 Å². The van der Waals surface area contributed by atoms with E-state index < -0.39 is 0 Å². The molecule has 2 unspecified atom stereocenters. The summed E-state index contributed by atoms with van der Waals surface area (Å²) in [6, 6.07) is 9.61. The van der Waals surface area contributed by atoms with Crippen LogP contribution in [0.2, 0.25) is 0 Å². The number of hydrogen-bond acceptors (Lipinski definition) is 3. The topological polar surface area (TPSA) is 32.5 Å². The van der Waals surface area contributed by atoms with E-state index in [-0.39, 0.29) is 5.54 Å². The Labute approximate surface area is 129 Å². The maximum absolute atomic E-state index is 6.31. The summed E-state index contributed by atoms with van der Waals surface area (Å²) in [5.74, 6) is 0. The van der Waals surface area contributed by atoms with E-state index >= 15 is 0 Å². The molecule has 1 aliphatic heterocycles. The highest BCUT2D eigenvalue weighted by Crippen LogP contribution is 2.39. The lowest BCUT2D eigenvalue weighted by Crippen LogP contribution is -2.54. The predicted molar refractivity (Wildman–Crippen MR) is 88.4 cm³/mol. The molecule has 116 valence electrons. The second-order valence-electron chi connectivity index (χ2n) is 6.90. The molecular weight excluding hydrogens is 258 g/mol. The zero-order valence-electron chi connectivity index (χ0n) is 13.5. The minimum Gasteiger partial charge on any atom is -0.328 e. The molecule has 21 heavy (non-hydrogen) atoms. The van der Waals surface area contributed by atoms with Gasteiger partial charge in [0.15, 0.2) is 0 Å². The van der Waals surface area contributed by atoms with Gasteiger partial charge in [-0.3, -0.25) is 4.90 Å². The largest absolute Gasteiger partial charge is 0.328 e. The molecule has 2 N–H and O–H groups in total. The first-order valence-corrected chi connectivity index (χ1v) is 8.37. The van der Waals surface area contributed by atoms with E-state index in [1.807, 2.05) is 0 Å². The molecule has 3 heteroatoms. The third-order valence-electron chi connectivity index (χ3n) is 5.78. The molecule has 3 rings (SSSR count). The lowest BCUT2D eigenvalue weighted by Gasteiger charge is -2.46. The molecule has 1 saturated heterocycles. The minimum atomic E-state index is 0.0400. The number of aryl methyl sites for hydroxylation is 1. The van der Waals surface area contributed by atoms with Gasteiger partial charge in [0, 0.05) is 19.1 Å². The standard InChI is InChI=1S/C18H29N3/c1-20-12-6-9-16(20)13-21(2)18(14-19)11-5-8-15-7-3-4-10-17(15)18/h3-4,7,10,16H,5-6,8-9,11-14,19H2,1-2H3. The zero-order valence-corrected chi connectivity index (χ0v) is 13.5. The maximum Gasteiger partial charge on any atom is 0.0584 e. The van der Waals surface area contributed by atoms with Crippen LogP contribution in [0.4, 0.5) is 0 Å². The second-order valence-corrected chi connectivity index (χ2v) is 6.90. The number of rotatable bonds is 4. The van der Waals surface area contributed by atoms with Crippen molar-refractivity contribution in [3.8, 4) is 0 Å². The first kappa shape index (κ1) is 15.0. The van der Waals surface area contributed by atoms with Gasteiger partial charge in [0.05, 0.1) is 5.54 Å². The number of likely N-dealkylation sites (tertiary alicyclic amines) is 1. The van der Waals surface area contributed by atoms with Gasteiger partial charge in [0.25, 0.3) is 0 Å². The van der Waals surface area contributed by atoms with Crippen molar-refractivity contribution < 1.29 is 0 Å². The third-order valence-corrected chi connectivity index (χ3v) is 5.78. The van der Waals surface area contributed by atoms with Gasteiger partial charge in [0.1, 0.15) is 0 Å². The van der Waals surface area contributed by atoms with Gasteiger partial charge in [-0.15, -0.1) is 0 Å². The van der Waals surface area contributed by atoms with Crippen molar-refractivity contribution in [1.29, 1.82) is 0 Å². The number of nitrogens with two attached hydrogens (primary N) is 1. The summed E-state index contributed by atoms with van der Waals surface area (Å²) in [5, 5.41) is 0. The molecular formula is C18H29N3. The lowest BCUT2D eigenvalue weighted by molar-refractivity contribution is 0.0778. The van der Waals surface area contributed by atoms with Gasteiger partial charge < -0.3 is 10.6 Å². The highest BCUT2D eigenvalue weighted by atomic mass is 15.2. The second kappa shape index (κ2) is 6.07. The number of fused-ring (bicyclic) bond motifs is 1. The minimum absolute atomic E-state index is 0.0400. The number of nitrogens with zero attached hydrogens (tertiary/aromatic N) is 2.